The van der Waals surface area contributed by atoms with Crippen LogP contribution in [0.15, 0.2) is 22.6 Å². The van der Waals surface area contributed by atoms with Crippen molar-refractivity contribution in [2.75, 3.05) is 19.4 Å². The number of fused-ring (bicyclic) bond motifs is 3. The van der Waals surface area contributed by atoms with E-state index in [2.05, 4.69) is 37.3 Å². The molecule has 3 rings (SSSR count). The number of unbranched alkanes of at least 4 members (excludes halogenated alkanes) is 2. The van der Waals surface area contributed by atoms with Crippen LogP contribution in [-0.4, -0.2) is 30.9 Å². The van der Waals surface area contributed by atoms with Gasteiger partial charge in [0.25, 0.3) is 0 Å². The van der Waals surface area contributed by atoms with Crippen LogP contribution in [0.4, 0.5) is 5.69 Å². The molecule has 0 bridgehead atoms. The molecule has 4 nitrogen and oxygen atoms in total. The molecule has 1 aliphatic carbocycles. The summed E-state index contributed by atoms with van der Waals surface area (Å²) in [4.78, 5) is 14.3. The van der Waals surface area contributed by atoms with Crippen molar-refractivity contribution in [3.63, 3.8) is 0 Å². The number of carbonyl (C=O) groups is 1. The van der Waals surface area contributed by atoms with Gasteiger partial charge in [-0.05, 0) is 51.6 Å². The molecule has 1 N–H and O–H groups in total. The molecule has 2 aromatic rings. The SMILES string of the molecule is CCCCCC(=O)Nc1ccc2oc3c(c2c1)CC(N(C)C)CC3. The summed E-state index contributed by atoms with van der Waals surface area (Å²) in [6, 6.07) is 6.57. The monoisotopic (exact) mass is 328 g/mol. The fraction of sp³-hybridized carbons (Fsp3) is 0.550. The maximum absolute atomic E-state index is 12.1. The average molecular weight is 328 g/mol. The van der Waals surface area contributed by atoms with Gasteiger partial charge in [0.2, 0.25) is 5.91 Å². The van der Waals surface area contributed by atoms with Crippen molar-refractivity contribution in [2.45, 2.75) is 57.9 Å². The molecule has 1 aliphatic rings. The molecule has 24 heavy (non-hydrogen) atoms. The quantitative estimate of drug-likeness (QED) is 0.801. The van der Waals surface area contributed by atoms with Crippen molar-refractivity contribution in [3.8, 4) is 0 Å². The Morgan fingerprint density at radius 3 is 2.92 bits per heavy atom. The van der Waals surface area contributed by atoms with E-state index in [1.165, 1.54) is 5.56 Å². The zero-order valence-electron chi connectivity index (χ0n) is 15.0. The van der Waals surface area contributed by atoms with Gasteiger partial charge in [-0.1, -0.05) is 19.8 Å². The van der Waals surface area contributed by atoms with Gasteiger partial charge in [-0.2, -0.15) is 0 Å². The molecular formula is C20H28N2O2. The lowest BCUT2D eigenvalue weighted by molar-refractivity contribution is -0.116. The van der Waals surface area contributed by atoms with Crippen LogP contribution in [0.2, 0.25) is 0 Å². The highest BCUT2D eigenvalue weighted by Gasteiger charge is 2.25. The van der Waals surface area contributed by atoms with E-state index in [0.29, 0.717) is 12.5 Å². The van der Waals surface area contributed by atoms with Gasteiger partial charge in [0.15, 0.2) is 0 Å². The van der Waals surface area contributed by atoms with E-state index in [1.807, 2.05) is 12.1 Å². The molecule has 1 unspecified atom stereocenters. The highest BCUT2D eigenvalue weighted by atomic mass is 16.3. The van der Waals surface area contributed by atoms with E-state index in [1.54, 1.807) is 0 Å². The number of nitrogens with zero attached hydrogens (tertiary/aromatic N) is 1. The topological polar surface area (TPSA) is 45.5 Å². The number of benzene rings is 1. The summed E-state index contributed by atoms with van der Waals surface area (Å²) in [6.45, 7) is 2.15. The highest BCUT2D eigenvalue weighted by Crippen LogP contribution is 2.34. The van der Waals surface area contributed by atoms with Crippen LogP contribution in [0.5, 0.6) is 0 Å². The van der Waals surface area contributed by atoms with E-state index in [9.17, 15) is 4.79 Å². The number of hydrogen-bond acceptors (Lipinski definition) is 3. The fourth-order valence-corrected chi connectivity index (χ4v) is 3.54. The minimum Gasteiger partial charge on any atom is -0.461 e. The summed E-state index contributed by atoms with van der Waals surface area (Å²) in [5, 5.41) is 4.19. The molecule has 0 fully saturated rings. The molecule has 0 saturated carbocycles. The summed E-state index contributed by atoms with van der Waals surface area (Å²) in [5.41, 5.74) is 3.12. The fourth-order valence-electron chi connectivity index (χ4n) is 3.54. The van der Waals surface area contributed by atoms with Crippen LogP contribution in [0, 0.1) is 0 Å². The Hall–Kier alpha value is -1.81. The van der Waals surface area contributed by atoms with Crippen molar-refractivity contribution >= 4 is 22.6 Å². The predicted molar refractivity (Wildman–Crippen MR) is 98.5 cm³/mol. The predicted octanol–water partition coefficient (Wildman–Crippen LogP) is 4.37. The summed E-state index contributed by atoms with van der Waals surface area (Å²) < 4.78 is 6.03. The van der Waals surface area contributed by atoms with Crippen LogP contribution in [-0.2, 0) is 17.6 Å². The normalized spacial score (nSPS) is 17.2. The first-order valence-corrected chi connectivity index (χ1v) is 9.09. The Kier molecular flexibility index (Phi) is 5.24. The van der Waals surface area contributed by atoms with Gasteiger partial charge >= 0.3 is 0 Å². The van der Waals surface area contributed by atoms with E-state index >= 15 is 0 Å². The maximum atomic E-state index is 12.1. The number of anilines is 1. The number of nitrogens with one attached hydrogen (secondary N) is 1. The zero-order valence-corrected chi connectivity index (χ0v) is 15.0. The third kappa shape index (κ3) is 3.64. The van der Waals surface area contributed by atoms with Crippen LogP contribution >= 0.6 is 0 Å². The maximum Gasteiger partial charge on any atom is 0.224 e. The van der Waals surface area contributed by atoms with Crippen LogP contribution in [0.3, 0.4) is 0 Å². The first kappa shape index (κ1) is 17.0. The molecule has 1 aromatic heterocycles. The minimum absolute atomic E-state index is 0.103. The third-order valence-corrected chi connectivity index (χ3v) is 5.04. The lowest BCUT2D eigenvalue weighted by Gasteiger charge is -2.27. The standard InChI is InChI=1S/C20H28N2O2/c1-4-5-6-7-20(23)21-14-8-10-18-16(12-14)17-13-15(22(2)3)9-11-19(17)24-18/h8,10,12,15H,4-7,9,11,13H2,1-3H3,(H,21,23). The number of rotatable bonds is 6. The number of carbonyl (C=O) groups excluding carboxylic acids is 1. The van der Waals surface area contributed by atoms with Crippen molar-refractivity contribution in [1.82, 2.24) is 4.90 Å². The molecule has 1 atom stereocenters. The highest BCUT2D eigenvalue weighted by molar-refractivity contribution is 5.94. The summed E-state index contributed by atoms with van der Waals surface area (Å²) in [5.74, 6) is 1.22. The van der Waals surface area contributed by atoms with Gasteiger partial charge in [0.05, 0.1) is 0 Å². The first-order valence-electron chi connectivity index (χ1n) is 9.09. The number of likely N-dealkylation sites (N-methyl/N-ethyl adjacent to an activating group) is 1. The van der Waals surface area contributed by atoms with Gasteiger partial charge in [-0.3, -0.25) is 4.79 Å². The second-order valence-electron chi connectivity index (χ2n) is 7.08. The van der Waals surface area contributed by atoms with Crippen LogP contribution in [0.25, 0.3) is 11.0 Å². The second kappa shape index (κ2) is 7.39. The molecule has 130 valence electrons. The Morgan fingerprint density at radius 1 is 1.33 bits per heavy atom. The summed E-state index contributed by atoms with van der Waals surface area (Å²) >= 11 is 0. The molecule has 1 aromatic carbocycles. The third-order valence-electron chi connectivity index (χ3n) is 5.04. The van der Waals surface area contributed by atoms with E-state index < -0.39 is 0 Å². The minimum atomic E-state index is 0.103. The number of furan rings is 1. The van der Waals surface area contributed by atoms with Crippen molar-refractivity contribution in [3.05, 3.63) is 29.5 Å². The first-order chi connectivity index (χ1) is 11.6. The number of aryl methyl sites for hydroxylation is 1. The summed E-state index contributed by atoms with van der Waals surface area (Å²) in [6.07, 6.45) is 6.94. The largest absolute Gasteiger partial charge is 0.461 e. The van der Waals surface area contributed by atoms with Crippen LogP contribution < -0.4 is 5.32 Å². The van der Waals surface area contributed by atoms with Gasteiger partial charge in [-0.15, -0.1) is 0 Å². The van der Waals surface area contributed by atoms with Crippen molar-refractivity contribution in [2.24, 2.45) is 0 Å². The van der Waals surface area contributed by atoms with Crippen LogP contribution in [0.1, 0.15) is 50.4 Å². The van der Waals surface area contributed by atoms with Gasteiger partial charge in [-0.25, -0.2) is 0 Å². The number of hydrogen-bond donors (Lipinski definition) is 1. The molecule has 1 heterocycles. The van der Waals surface area contributed by atoms with E-state index in [0.717, 1.165) is 60.9 Å². The lowest BCUT2D eigenvalue weighted by atomic mass is 9.91. The Balaban J connectivity index is 1.78. The zero-order chi connectivity index (χ0) is 17.1. The Labute approximate surface area is 144 Å². The lowest BCUT2D eigenvalue weighted by Crippen LogP contribution is -2.33. The van der Waals surface area contributed by atoms with Crippen molar-refractivity contribution in [1.29, 1.82) is 0 Å². The molecule has 0 spiro atoms. The Morgan fingerprint density at radius 2 is 2.17 bits per heavy atom. The Bertz CT molecular complexity index is 718. The molecule has 0 saturated heterocycles. The van der Waals surface area contributed by atoms with Gasteiger partial charge < -0.3 is 14.6 Å². The van der Waals surface area contributed by atoms with E-state index in [-0.39, 0.29) is 5.91 Å². The number of amides is 1. The van der Waals surface area contributed by atoms with Gasteiger partial charge in [0, 0.05) is 35.5 Å². The second-order valence-corrected chi connectivity index (χ2v) is 7.08. The van der Waals surface area contributed by atoms with Gasteiger partial charge in [0.1, 0.15) is 11.3 Å². The molecule has 4 heteroatoms. The van der Waals surface area contributed by atoms with E-state index in [4.69, 9.17) is 4.42 Å². The molecular weight excluding hydrogens is 300 g/mol. The van der Waals surface area contributed by atoms with Crippen molar-refractivity contribution < 1.29 is 9.21 Å². The average Bonchev–Trinajstić information content (AvgIpc) is 2.92. The molecule has 0 radical (unpaired) electrons. The summed E-state index contributed by atoms with van der Waals surface area (Å²) in [7, 11) is 4.28. The molecule has 0 aliphatic heterocycles. The molecule has 1 amide bonds. The smallest absolute Gasteiger partial charge is 0.224 e.